The summed E-state index contributed by atoms with van der Waals surface area (Å²) < 4.78 is 5.55. The van der Waals surface area contributed by atoms with Gasteiger partial charge >= 0.3 is 0 Å². The fraction of sp³-hybridized carbons (Fsp3) is 0.455. The lowest BCUT2D eigenvalue weighted by Gasteiger charge is -2.15. The molecule has 1 rings (SSSR count). The van der Waals surface area contributed by atoms with Gasteiger partial charge in [-0.1, -0.05) is 19.1 Å². The van der Waals surface area contributed by atoms with Crippen LogP contribution < -0.4 is 10.5 Å². The predicted molar refractivity (Wildman–Crippen MR) is 54.8 cm³/mol. The van der Waals surface area contributed by atoms with Crippen LogP contribution in [0.25, 0.3) is 0 Å². The van der Waals surface area contributed by atoms with Crippen LogP contribution in [-0.2, 0) is 0 Å². The van der Waals surface area contributed by atoms with Gasteiger partial charge in [-0.3, -0.25) is 5.73 Å². The third kappa shape index (κ3) is 2.46. The van der Waals surface area contributed by atoms with E-state index in [0.29, 0.717) is 0 Å². The lowest BCUT2D eigenvalue weighted by atomic mass is 10.1. The highest BCUT2D eigenvalue weighted by Crippen LogP contribution is 2.21. The van der Waals surface area contributed by atoms with Crippen LogP contribution in [0.4, 0.5) is 0 Å². The summed E-state index contributed by atoms with van der Waals surface area (Å²) in [7, 11) is 0. The van der Waals surface area contributed by atoms with Crippen molar-refractivity contribution in [2.75, 3.05) is 0 Å². The van der Waals surface area contributed by atoms with Gasteiger partial charge in [-0.25, -0.2) is 0 Å². The van der Waals surface area contributed by atoms with Crippen molar-refractivity contribution in [2.24, 2.45) is 5.73 Å². The second-order valence-electron chi connectivity index (χ2n) is 3.26. The molecule has 1 aromatic carbocycles. The predicted octanol–water partition coefficient (Wildman–Crippen LogP) is 2.38. The number of nitrogens with two attached hydrogens (primary N) is 1. The summed E-state index contributed by atoms with van der Waals surface area (Å²) in [4.78, 5) is 0. The number of rotatable bonds is 3. The van der Waals surface area contributed by atoms with Gasteiger partial charge in [-0.15, -0.1) is 0 Å². The van der Waals surface area contributed by atoms with Gasteiger partial charge in [0.1, 0.15) is 12.0 Å². The van der Waals surface area contributed by atoms with E-state index < -0.39 is 0 Å². The summed E-state index contributed by atoms with van der Waals surface area (Å²) in [5.74, 6) is 0.898. The van der Waals surface area contributed by atoms with Crippen molar-refractivity contribution in [3.8, 4) is 5.75 Å². The minimum atomic E-state index is -0.194. The first-order valence-corrected chi connectivity index (χ1v) is 4.63. The van der Waals surface area contributed by atoms with E-state index in [4.69, 9.17) is 10.5 Å². The third-order valence-electron chi connectivity index (χ3n) is 2.24. The van der Waals surface area contributed by atoms with Crippen molar-refractivity contribution < 1.29 is 4.74 Å². The van der Waals surface area contributed by atoms with Gasteiger partial charge in [0.15, 0.2) is 0 Å². The molecule has 2 N–H and O–H groups in total. The smallest absolute Gasteiger partial charge is 0.147 e. The molecule has 72 valence electrons. The van der Waals surface area contributed by atoms with Crippen molar-refractivity contribution in [3.63, 3.8) is 0 Å². The second-order valence-corrected chi connectivity index (χ2v) is 3.26. The first kappa shape index (κ1) is 10.1. The summed E-state index contributed by atoms with van der Waals surface area (Å²) in [5.41, 5.74) is 8.11. The largest absolute Gasteiger partial charge is 0.475 e. The minimum Gasteiger partial charge on any atom is -0.475 e. The van der Waals surface area contributed by atoms with Gasteiger partial charge in [-0.2, -0.15) is 0 Å². The van der Waals surface area contributed by atoms with Gasteiger partial charge in [0, 0.05) is 0 Å². The van der Waals surface area contributed by atoms with Gasteiger partial charge < -0.3 is 4.74 Å². The highest BCUT2D eigenvalue weighted by Gasteiger charge is 2.04. The summed E-state index contributed by atoms with van der Waals surface area (Å²) in [6.07, 6.45) is 0.633. The van der Waals surface area contributed by atoms with Crippen molar-refractivity contribution in [1.82, 2.24) is 0 Å². The van der Waals surface area contributed by atoms with Crippen molar-refractivity contribution >= 4 is 0 Å². The number of ether oxygens (including phenoxy) is 1. The molecule has 1 aromatic rings. The van der Waals surface area contributed by atoms with Gasteiger partial charge in [0.25, 0.3) is 0 Å². The molecule has 0 spiro atoms. The van der Waals surface area contributed by atoms with Gasteiger partial charge in [-0.05, 0) is 37.5 Å². The lowest BCUT2D eigenvalue weighted by molar-refractivity contribution is 0.203. The van der Waals surface area contributed by atoms with Crippen LogP contribution in [0.15, 0.2) is 18.2 Å². The van der Waals surface area contributed by atoms with E-state index in [0.717, 1.165) is 12.2 Å². The van der Waals surface area contributed by atoms with E-state index in [-0.39, 0.29) is 6.23 Å². The standard InChI is InChI=1S/C11H17NO/c1-4-11(12)13-10-7-5-6-8(2)9(10)3/h5-7,11H,4,12H2,1-3H3. The molecule has 0 radical (unpaired) electrons. The average molecular weight is 179 g/mol. The molecule has 0 aliphatic rings. The molecule has 0 heterocycles. The molecule has 0 saturated heterocycles. The maximum absolute atomic E-state index is 5.70. The van der Waals surface area contributed by atoms with E-state index in [9.17, 15) is 0 Å². The van der Waals surface area contributed by atoms with Crippen LogP contribution >= 0.6 is 0 Å². The van der Waals surface area contributed by atoms with Crippen LogP contribution in [0.5, 0.6) is 5.75 Å². The molecule has 0 amide bonds. The molecule has 0 aliphatic carbocycles. The highest BCUT2D eigenvalue weighted by molar-refractivity contribution is 5.38. The fourth-order valence-corrected chi connectivity index (χ4v) is 1.10. The molecule has 1 unspecified atom stereocenters. The van der Waals surface area contributed by atoms with Crippen molar-refractivity contribution in [3.05, 3.63) is 29.3 Å². The van der Waals surface area contributed by atoms with Crippen LogP contribution in [0.1, 0.15) is 24.5 Å². The van der Waals surface area contributed by atoms with Crippen molar-refractivity contribution in [1.29, 1.82) is 0 Å². The summed E-state index contributed by atoms with van der Waals surface area (Å²) >= 11 is 0. The molecular weight excluding hydrogens is 162 g/mol. The first-order valence-electron chi connectivity index (χ1n) is 4.63. The number of aryl methyl sites for hydroxylation is 1. The van der Waals surface area contributed by atoms with Gasteiger partial charge in [0.2, 0.25) is 0 Å². The van der Waals surface area contributed by atoms with E-state index >= 15 is 0 Å². The minimum absolute atomic E-state index is 0.194. The van der Waals surface area contributed by atoms with Crippen LogP contribution in [-0.4, -0.2) is 6.23 Å². The van der Waals surface area contributed by atoms with Gasteiger partial charge in [0.05, 0.1) is 0 Å². The highest BCUT2D eigenvalue weighted by atomic mass is 16.5. The normalized spacial score (nSPS) is 12.6. The molecule has 1 atom stereocenters. The number of benzene rings is 1. The molecule has 0 aromatic heterocycles. The molecule has 2 heteroatoms. The number of hydrogen-bond acceptors (Lipinski definition) is 2. The topological polar surface area (TPSA) is 35.2 Å². The van der Waals surface area contributed by atoms with E-state index in [1.54, 1.807) is 0 Å². The molecule has 0 fully saturated rings. The number of hydrogen-bond donors (Lipinski definition) is 1. The molecule has 2 nitrogen and oxygen atoms in total. The third-order valence-corrected chi connectivity index (χ3v) is 2.24. The first-order chi connectivity index (χ1) is 6.15. The van der Waals surface area contributed by atoms with Crippen molar-refractivity contribution in [2.45, 2.75) is 33.4 Å². The summed E-state index contributed by atoms with van der Waals surface area (Å²) in [6.45, 7) is 6.13. The van der Waals surface area contributed by atoms with Crippen LogP contribution in [0, 0.1) is 13.8 Å². The Bertz CT molecular complexity index is 283. The Kier molecular flexibility index (Phi) is 3.32. The van der Waals surface area contributed by atoms with Crippen LogP contribution in [0.2, 0.25) is 0 Å². The van der Waals surface area contributed by atoms with E-state index in [1.807, 2.05) is 26.0 Å². The fourth-order valence-electron chi connectivity index (χ4n) is 1.10. The zero-order valence-corrected chi connectivity index (χ0v) is 8.50. The Morgan fingerprint density at radius 3 is 2.69 bits per heavy atom. The van der Waals surface area contributed by atoms with Crippen LogP contribution in [0.3, 0.4) is 0 Å². The Morgan fingerprint density at radius 1 is 1.38 bits per heavy atom. The lowest BCUT2D eigenvalue weighted by Crippen LogP contribution is -2.26. The zero-order chi connectivity index (χ0) is 9.84. The van der Waals surface area contributed by atoms with E-state index in [1.165, 1.54) is 11.1 Å². The zero-order valence-electron chi connectivity index (χ0n) is 8.50. The monoisotopic (exact) mass is 179 g/mol. The molecule has 0 aliphatic heterocycles. The Balaban J connectivity index is 2.83. The average Bonchev–Trinajstić information content (AvgIpc) is 2.13. The quantitative estimate of drug-likeness (QED) is 0.723. The maximum atomic E-state index is 5.70. The summed E-state index contributed by atoms with van der Waals surface area (Å²) in [5, 5.41) is 0. The maximum Gasteiger partial charge on any atom is 0.147 e. The molecule has 0 saturated carbocycles. The molecule has 13 heavy (non-hydrogen) atoms. The molecular formula is C11H17NO. The SMILES string of the molecule is CCC(N)Oc1cccc(C)c1C. The Morgan fingerprint density at radius 2 is 2.08 bits per heavy atom. The Hall–Kier alpha value is -1.02. The van der Waals surface area contributed by atoms with E-state index in [2.05, 4.69) is 13.0 Å². The summed E-state index contributed by atoms with van der Waals surface area (Å²) in [6, 6.07) is 6.01. The second kappa shape index (κ2) is 4.28. The Labute approximate surface area is 79.7 Å². The molecule has 0 bridgehead atoms.